The third-order valence-corrected chi connectivity index (χ3v) is 8.84. The highest BCUT2D eigenvalue weighted by Gasteiger charge is 2.30. The van der Waals surface area contributed by atoms with E-state index in [0.717, 1.165) is 52.5 Å². The lowest BCUT2D eigenvalue weighted by Gasteiger charge is -2.30. The van der Waals surface area contributed by atoms with Gasteiger partial charge in [0.05, 0.1) is 15.8 Å². The Morgan fingerprint density at radius 2 is 1.40 bits per heavy atom. The van der Waals surface area contributed by atoms with Crippen LogP contribution in [0.4, 0.5) is 39.5 Å². The molecule has 0 atom stereocenters. The van der Waals surface area contributed by atoms with Crippen molar-refractivity contribution in [3.8, 4) is 23.0 Å². The third kappa shape index (κ3) is 6.47. The quantitative estimate of drug-likeness (QED) is 0.118. The lowest BCUT2D eigenvalue weighted by Crippen LogP contribution is -2.15. The summed E-state index contributed by atoms with van der Waals surface area (Å²) in [5.74, 6) is -4.87. The van der Waals surface area contributed by atoms with Crippen LogP contribution in [-0.2, 0) is 6.42 Å². The number of thiophene rings is 1. The zero-order chi connectivity index (χ0) is 31.1. The van der Waals surface area contributed by atoms with Crippen LogP contribution in [-0.4, -0.2) is 6.18 Å². The minimum Gasteiger partial charge on any atom is -0.207 e. The van der Waals surface area contributed by atoms with Crippen molar-refractivity contribution in [1.29, 1.82) is 0 Å². The largest absolute Gasteiger partial charge is 0.458 e. The number of hydrogen-bond donors (Lipinski definition) is 0. The van der Waals surface area contributed by atoms with Crippen LogP contribution in [0.15, 0.2) is 48.6 Å². The Kier molecular flexibility index (Phi) is 8.66. The van der Waals surface area contributed by atoms with E-state index in [1.165, 1.54) is 5.92 Å². The molecule has 1 aliphatic carbocycles. The monoisotopic (exact) mass is 622 g/mol. The van der Waals surface area contributed by atoms with Crippen LogP contribution in [0.25, 0.3) is 21.2 Å². The average molecular weight is 623 g/mol. The molecule has 0 radical (unpaired) electrons. The molecule has 0 nitrogen and oxygen atoms in total. The Morgan fingerprint density at radius 3 is 1.98 bits per heavy atom. The Labute approximate surface area is 245 Å². The van der Waals surface area contributed by atoms with Gasteiger partial charge in [0.15, 0.2) is 5.82 Å². The predicted molar refractivity (Wildman–Crippen MR) is 149 cm³/mol. The molecule has 1 fully saturated rings. The van der Waals surface area contributed by atoms with E-state index in [1.807, 2.05) is 19.1 Å². The summed E-state index contributed by atoms with van der Waals surface area (Å²) in [6.45, 7) is 1.84. The Morgan fingerprint density at radius 1 is 0.791 bits per heavy atom. The zero-order valence-corrected chi connectivity index (χ0v) is 23.4. The van der Waals surface area contributed by atoms with Gasteiger partial charge in [0.2, 0.25) is 0 Å². The molecule has 0 aliphatic heterocycles. The molecule has 1 heterocycles. The maximum Gasteiger partial charge on any atom is 0.458 e. The second kappa shape index (κ2) is 12.1. The van der Waals surface area contributed by atoms with Gasteiger partial charge < -0.3 is 0 Å². The number of fused-ring (bicyclic) bond motifs is 1. The summed E-state index contributed by atoms with van der Waals surface area (Å²) in [7, 11) is 0. The van der Waals surface area contributed by atoms with Crippen molar-refractivity contribution in [2.24, 2.45) is 0 Å². The summed E-state index contributed by atoms with van der Waals surface area (Å²) in [5.41, 5.74) is -1.80. The van der Waals surface area contributed by atoms with Crippen molar-refractivity contribution in [1.82, 2.24) is 0 Å². The Hall–Kier alpha value is -3.71. The summed E-state index contributed by atoms with van der Waals surface area (Å²) in [6.07, 6.45) is 0.431. The molecule has 10 heteroatoms. The van der Waals surface area contributed by atoms with Crippen LogP contribution in [0.3, 0.4) is 0 Å². The molecule has 43 heavy (non-hydrogen) atoms. The van der Waals surface area contributed by atoms with Crippen LogP contribution in [0, 0.1) is 46.7 Å². The molecule has 0 unspecified atom stereocenters. The molecular weight excluding hydrogens is 599 g/mol. The summed E-state index contributed by atoms with van der Waals surface area (Å²) < 4.78 is 127. The van der Waals surface area contributed by atoms with Gasteiger partial charge in [-0.1, -0.05) is 18.1 Å². The van der Waals surface area contributed by atoms with E-state index in [9.17, 15) is 22.0 Å². The fourth-order valence-corrected chi connectivity index (χ4v) is 6.73. The molecule has 3 aromatic carbocycles. The summed E-state index contributed by atoms with van der Waals surface area (Å²) >= 11 is 1.14. The lowest BCUT2D eigenvalue weighted by molar-refractivity contribution is -0.0696. The zero-order valence-electron chi connectivity index (χ0n) is 22.6. The van der Waals surface area contributed by atoms with Crippen LogP contribution in [0.1, 0.15) is 66.0 Å². The molecule has 0 spiro atoms. The summed E-state index contributed by atoms with van der Waals surface area (Å²) in [5, 5.41) is 0.362. The fourth-order valence-electron chi connectivity index (χ4n) is 5.68. The smallest absolute Gasteiger partial charge is 0.207 e. The maximum absolute atomic E-state index is 15.4. The van der Waals surface area contributed by atoms with Crippen LogP contribution >= 0.6 is 11.3 Å². The number of hydrogen-bond acceptors (Lipinski definition) is 1. The number of halogens is 9. The van der Waals surface area contributed by atoms with Gasteiger partial charge >= 0.3 is 6.18 Å². The second-order valence-electron chi connectivity index (χ2n) is 10.5. The minimum absolute atomic E-state index is 0.187. The number of benzene rings is 3. The van der Waals surface area contributed by atoms with Gasteiger partial charge in [-0.3, -0.25) is 0 Å². The standard InChI is InChI=1S/C33H23F9S/c1-2-3-4-22-11-21-16-28(38)30(31(39)32(21)43-22)20-14-26(36)29(27(37)15-20)18-7-5-17(6-8-18)19-12-24(34)23(25(35)13-19)9-10-33(40,41)42/h2-3,11-18H,4-8H2,1H3/b3-2+. The van der Waals surface area contributed by atoms with E-state index in [-0.39, 0.29) is 34.2 Å². The van der Waals surface area contributed by atoms with Crippen molar-refractivity contribution < 1.29 is 39.5 Å². The molecule has 0 N–H and O–H groups in total. The average Bonchev–Trinajstić information content (AvgIpc) is 3.34. The number of allylic oxidation sites excluding steroid dienone is 2. The Bertz CT molecular complexity index is 1730. The lowest BCUT2D eigenvalue weighted by atomic mass is 9.75. The molecule has 0 amide bonds. The van der Waals surface area contributed by atoms with E-state index in [0.29, 0.717) is 24.6 Å². The van der Waals surface area contributed by atoms with Gasteiger partial charge in [0.1, 0.15) is 29.1 Å². The van der Waals surface area contributed by atoms with Crippen molar-refractivity contribution in [3.63, 3.8) is 0 Å². The molecule has 0 saturated heterocycles. The third-order valence-electron chi connectivity index (χ3n) is 7.67. The molecule has 0 bridgehead atoms. The topological polar surface area (TPSA) is 0 Å². The fraction of sp³-hybridized carbons (Fsp3) is 0.273. The van der Waals surface area contributed by atoms with Gasteiger partial charge in [0.25, 0.3) is 0 Å². The number of alkyl halides is 3. The van der Waals surface area contributed by atoms with Crippen LogP contribution < -0.4 is 0 Å². The van der Waals surface area contributed by atoms with Gasteiger partial charge in [0, 0.05) is 16.4 Å². The molecule has 1 aromatic heterocycles. The van der Waals surface area contributed by atoms with E-state index < -0.39 is 64.0 Å². The van der Waals surface area contributed by atoms with Crippen LogP contribution in [0.2, 0.25) is 0 Å². The minimum atomic E-state index is -4.91. The second-order valence-corrected chi connectivity index (χ2v) is 11.6. The van der Waals surface area contributed by atoms with E-state index in [4.69, 9.17) is 0 Å². The molecule has 5 rings (SSSR count). The van der Waals surface area contributed by atoms with Gasteiger partial charge in [-0.2, -0.15) is 13.2 Å². The normalized spacial score (nSPS) is 17.4. The first kappa shape index (κ1) is 30.7. The molecular formula is C33H23F9S. The highest BCUT2D eigenvalue weighted by Crippen LogP contribution is 2.44. The maximum atomic E-state index is 15.4. The highest BCUT2D eigenvalue weighted by molar-refractivity contribution is 7.19. The van der Waals surface area contributed by atoms with Gasteiger partial charge in [-0.05, 0) is 104 Å². The van der Waals surface area contributed by atoms with Crippen LogP contribution in [0.5, 0.6) is 0 Å². The summed E-state index contributed by atoms with van der Waals surface area (Å²) in [6, 6.07) is 6.52. The Balaban J connectivity index is 1.37. The molecule has 1 aliphatic rings. The van der Waals surface area contributed by atoms with Gasteiger partial charge in [-0.15, -0.1) is 11.3 Å². The van der Waals surface area contributed by atoms with E-state index in [1.54, 1.807) is 6.07 Å². The SMILES string of the molecule is C/C=C/Cc1cc2cc(F)c(-c3cc(F)c(C4CCC(c5cc(F)c(C#CC(F)(F)F)c(F)c5)CC4)c(F)c3)c(F)c2s1. The first-order chi connectivity index (χ1) is 20.4. The molecule has 1 saturated carbocycles. The van der Waals surface area contributed by atoms with Crippen molar-refractivity contribution >= 4 is 21.4 Å². The predicted octanol–water partition coefficient (Wildman–Crippen LogP) is 10.9. The van der Waals surface area contributed by atoms with E-state index >= 15 is 17.6 Å². The highest BCUT2D eigenvalue weighted by atomic mass is 32.1. The van der Waals surface area contributed by atoms with E-state index in [2.05, 4.69) is 0 Å². The van der Waals surface area contributed by atoms with Gasteiger partial charge in [-0.25, -0.2) is 26.3 Å². The van der Waals surface area contributed by atoms with Crippen molar-refractivity contribution in [2.75, 3.05) is 0 Å². The first-order valence-electron chi connectivity index (χ1n) is 13.5. The van der Waals surface area contributed by atoms with Crippen molar-refractivity contribution in [3.05, 3.63) is 105 Å². The summed E-state index contributed by atoms with van der Waals surface area (Å²) in [4.78, 5) is 0.809. The molecule has 224 valence electrons. The number of rotatable bonds is 5. The van der Waals surface area contributed by atoms with Crippen molar-refractivity contribution in [2.45, 2.75) is 57.0 Å². The first-order valence-corrected chi connectivity index (χ1v) is 14.3. The molecule has 4 aromatic rings.